The van der Waals surface area contributed by atoms with Crippen LogP contribution in [-0.2, 0) is 0 Å². The second-order valence-electron chi connectivity index (χ2n) is 4.02. The Bertz CT molecular complexity index is 417. The van der Waals surface area contributed by atoms with Crippen molar-refractivity contribution in [2.75, 3.05) is 0 Å². The van der Waals surface area contributed by atoms with Crippen molar-refractivity contribution < 1.29 is 9.59 Å². The Kier molecular flexibility index (Phi) is 5.23. The van der Waals surface area contributed by atoms with Crippen LogP contribution in [0, 0.1) is 0 Å². The molecule has 0 bridgehead atoms. The van der Waals surface area contributed by atoms with Crippen molar-refractivity contribution in [3.63, 3.8) is 0 Å². The molecule has 1 rings (SSSR count). The largest absolute Gasteiger partial charge is 0.364 e. The molecule has 1 unspecified atom stereocenters. The van der Waals surface area contributed by atoms with Crippen LogP contribution in [0.2, 0.25) is 0 Å². The van der Waals surface area contributed by atoms with Crippen LogP contribution in [0.5, 0.6) is 0 Å². The molecule has 0 saturated carbocycles. The van der Waals surface area contributed by atoms with Crippen LogP contribution in [0.25, 0.3) is 0 Å². The van der Waals surface area contributed by atoms with Crippen molar-refractivity contribution in [2.24, 2.45) is 5.73 Å². The Labute approximate surface area is 106 Å². The number of nitrogens with one attached hydrogen (secondary N) is 1. The van der Waals surface area contributed by atoms with Crippen LogP contribution in [0.1, 0.15) is 54.1 Å². The Hall–Kier alpha value is -1.98. The van der Waals surface area contributed by atoms with E-state index < -0.39 is 5.91 Å². The maximum Gasteiger partial charge on any atom is 0.271 e. The van der Waals surface area contributed by atoms with E-state index in [9.17, 15) is 9.59 Å². The fraction of sp³-hybridized carbons (Fsp3) is 0.500. The molecule has 0 spiro atoms. The zero-order chi connectivity index (χ0) is 13.5. The third-order valence-corrected chi connectivity index (χ3v) is 2.60. The highest BCUT2D eigenvalue weighted by molar-refractivity contribution is 5.93. The average molecular weight is 250 g/mol. The van der Waals surface area contributed by atoms with Crippen LogP contribution in [0.3, 0.4) is 0 Å². The molecule has 1 aromatic heterocycles. The summed E-state index contributed by atoms with van der Waals surface area (Å²) in [6.07, 6.45) is 5.26. The van der Waals surface area contributed by atoms with Gasteiger partial charge in [-0.3, -0.25) is 9.59 Å². The summed E-state index contributed by atoms with van der Waals surface area (Å²) in [4.78, 5) is 30.3. The minimum absolute atomic E-state index is 0.0483. The highest BCUT2D eigenvalue weighted by atomic mass is 16.2. The van der Waals surface area contributed by atoms with E-state index in [0.717, 1.165) is 19.3 Å². The van der Waals surface area contributed by atoms with Crippen molar-refractivity contribution in [2.45, 2.75) is 39.2 Å². The molecule has 0 saturated heterocycles. The first kappa shape index (κ1) is 14.1. The van der Waals surface area contributed by atoms with E-state index in [1.54, 1.807) is 0 Å². The number of amides is 2. The summed E-state index contributed by atoms with van der Waals surface area (Å²) in [5.41, 5.74) is 5.28. The first-order chi connectivity index (χ1) is 8.58. The van der Waals surface area contributed by atoms with Gasteiger partial charge in [0, 0.05) is 6.04 Å². The number of primary amides is 1. The van der Waals surface area contributed by atoms with Gasteiger partial charge in [0.1, 0.15) is 11.4 Å². The predicted octanol–water partition coefficient (Wildman–Crippen LogP) is 0.884. The van der Waals surface area contributed by atoms with Gasteiger partial charge in [0.15, 0.2) is 0 Å². The van der Waals surface area contributed by atoms with Crippen molar-refractivity contribution >= 4 is 11.8 Å². The number of nitrogens with two attached hydrogens (primary N) is 1. The second kappa shape index (κ2) is 6.68. The van der Waals surface area contributed by atoms with E-state index in [-0.39, 0.29) is 23.3 Å². The molecule has 3 N–H and O–H groups in total. The number of hydrogen-bond donors (Lipinski definition) is 2. The Balaban J connectivity index is 2.69. The minimum atomic E-state index is -0.660. The number of aromatic nitrogens is 2. The molecule has 1 atom stereocenters. The number of carbonyl (C=O) groups excluding carboxylic acids is 2. The Morgan fingerprint density at radius 2 is 1.89 bits per heavy atom. The first-order valence-electron chi connectivity index (χ1n) is 6.01. The molecule has 0 fully saturated rings. The van der Waals surface area contributed by atoms with E-state index >= 15 is 0 Å². The normalized spacial score (nSPS) is 11.9. The molecule has 0 aromatic carbocycles. The molecule has 0 aliphatic rings. The summed E-state index contributed by atoms with van der Waals surface area (Å²) in [5, 5.41) is 2.87. The summed E-state index contributed by atoms with van der Waals surface area (Å²) in [6, 6.07) is 0.139. The molecular formula is C12H18N4O2. The molecule has 18 heavy (non-hydrogen) atoms. The SMILES string of the molecule is CCCC(CC)NC(=O)c1cnc(C(N)=O)cn1. The number of hydrogen-bond acceptors (Lipinski definition) is 4. The summed E-state index contributed by atoms with van der Waals surface area (Å²) in [6.45, 7) is 4.08. The highest BCUT2D eigenvalue weighted by Crippen LogP contribution is 2.03. The molecule has 0 aliphatic carbocycles. The van der Waals surface area contributed by atoms with Gasteiger partial charge in [-0.1, -0.05) is 20.3 Å². The molecule has 1 aromatic rings. The lowest BCUT2D eigenvalue weighted by Crippen LogP contribution is -2.34. The monoisotopic (exact) mass is 250 g/mol. The number of carbonyl (C=O) groups is 2. The topological polar surface area (TPSA) is 98.0 Å². The van der Waals surface area contributed by atoms with E-state index in [1.807, 2.05) is 6.92 Å². The maximum atomic E-state index is 11.8. The Morgan fingerprint density at radius 1 is 1.28 bits per heavy atom. The fourth-order valence-corrected chi connectivity index (χ4v) is 1.56. The van der Waals surface area contributed by atoms with Gasteiger partial charge in [0.05, 0.1) is 12.4 Å². The lowest BCUT2D eigenvalue weighted by Gasteiger charge is -2.15. The van der Waals surface area contributed by atoms with Crippen LogP contribution in [-0.4, -0.2) is 27.8 Å². The molecule has 1 heterocycles. The molecule has 0 aliphatic heterocycles. The first-order valence-corrected chi connectivity index (χ1v) is 6.01. The van der Waals surface area contributed by atoms with E-state index in [2.05, 4.69) is 22.2 Å². The third-order valence-electron chi connectivity index (χ3n) is 2.60. The fourth-order valence-electron chi connectivity index (χ4n) is 1.56. The van der Waals surface area contributed by atoms with Crippen LogP contribution >= 0.6 is 0 Å². The molecule has 98 valence electrons. The summed E-state index contributed by atoms with van der Waals surface area (Å²) >= 11 is 0. The quantitative estimate of drug-likeness (QED) is 0.783. The van der Waals surface area contributed by atoms with Gasteiger partial charge in [-0.15, -0.1) is 0 Å². The maximum absolute atomic E-state index is 11.8. The smallest absolute Gasteiger partial charge is 0.271 e. The van der Waals surface area contributed by atoms with Gasteiger partial charge in [-0.05, 0) is 12.8 Å². The predicted molar refractivity (Wildman–Crippen MR) is 67.0 cm³/mol. The van der Waals surface area contributed by atoms with Gasteiger partial charge in [0.25, 0.3) is 11.8 Å². The summed E-state index contributed by atoms with van der Waals surface area (Å²) in [7, 11) is 0. The van der Waals surface area contributed by atoms with E-state index in [4.69, 9.17) is 5.73 Å². The van der Waals surface area contributed by atoms with Crippen molar-refractivity contribution in [1.29, 1.82) is 0 Å². The van der Waals surface area contributed by atoms with Gasteiger partial charge < -0.3 is 11.1 Å². The summed E-state index contributed by atoms with van der Waals surface area (Å²) in [5.74, 6) is -0.939. The van der Waals surface area contributed by atoms with Crippen LogP contribution in [0.4, 0.5) is 0 Å². The zero-order valence-electron chi connectivity index (χ0n) is 10.6. The lowest BCUT2D eigenvalue weighted by atomic mass is 10.1. The lowest BCUT2D eigenvalue weighted by molar-refractivity contribution is 0.0925. The molecular weight excluding hydrogens is 232 g/mol. The molecule has 6 nitrogen and oxygen atoms in total. The molecule has 0 radical (unpaired) electrons. The second-order valence-corrected chi connectivity index (χ2v) is 4.02. The van der Waals surface area contributed by atoms with Gasteiger partial charge in [-0.25, -0.2) is 9.97 Å². The van der Waals surface area contributed by atoms with Crippen molar-refractivity contribution in [3.05, 3.63) is 23.8 Å². The average Bonchev–Trinajstić information content (AvgIpc) is 2.38. The minimum Gasteiger partial charge on any atom is -0.364 e. The molecule has 6 heteroatoms. The van der Waals surface area contributed by atoms with Crippen molar-refractivity contribution in [3.8, 4) is 0 Å². The standard InChI is InChI=1S/C12H18N4O2/c1-3-5-8(4-2)16-12(18)10-7-14-9(6-15-10)11(13)17/h6-8H,3-5H2,1-2H3,(H2,13,17)(H,16,18). The molecule has 2 amide bonds. The Morgan fingerprint density at radius 3 is 2.33 bits per heavy atom. The third kappa shape index (κ3) is 3.80. The highest BCUT2D eigenvalue weighted by Gasteiger charge is 2.13. The number of rotatable bonds is 6. The summed E-state index contributed by atoms with van der Waals surface area (Å²) < 4.78 is 0. The van der Waals surface area contributed by atoms with Gasteiger partial charge in [0.2, 0.25) is 0 Å². The van der Waals surface area contributed by atoms with Crippen molar-refractivity contribution in [1.82, 2.24) is 15.3 Å². The zero-order valence-corrected chi connectivity index (χ0v) is 10.6. The van der Waals surface area contributed by atoms with E-state index in [1.165, 1.54) is 12.4 Å². The van der Waals surface area contributed by atoms with Gasteiger partial charge >= 0.3 is 0 Å². The number of nitrogens with zero attached hydrogens (tertiary/aromatic N) is 2. The van der Waals surface area contributed by atoms with E-state index in [0.29, 0.717) is 0 Å². The van der Waals surface area contributed by atoms with Crippen LogP contribution < -0.4 is 11.1 Å². The van der Waals surface area contributed by atoms with Crippen LogP contribution in [0.15, 0.2) is 12.4 Å². The van der Waals surface area contributed by atoms with Gasteiger partial charge in [-0.2, -0.15) is 0 Å².